The van der Waals surface area contributed by atoms with Gasteiger partial charge >= 0.3 is 0 Å². The Bertz CT molecular complexity index is 483. The smallest absolute Gasteiger partial charge is 0.218 e. The lowest BCUT2D eigenvalue weighted by atomic mass is 10.1. The number of aryl methyl sites for hydroxylation is 1. The first kappa shape index (κ1) is 13.1. The maximum atomic E-state index is 11.4. The van der Waals surface area contributed by atoms with Gasteiger partial charge in [0.2, 0.25) is 10.0 Å². The molecule has 16 heavy (non-hydrogen) atoms. The van der Waals surface area contributed by atoms with Crippen molar-refractivity contribution in [3.63, 3.8) is 0 Å². The van der Waals surface area contributed by atoms with Gasteiger partial charge in [0.15, 0.2) is 0 Å². The van der Waals surface area contributed by atoms with Gasteiger partial charge in [-0.1, -0.05) is 36.5 Å². The number of hydrogen-bond donors (Lipinski definition) is 2. The highest BCUT2D eigenvalue weighted by molar-refractivity contribution is 7.92. The largest absolute Gasteiger partial charge is 0.392 e. The molecule has 88 valence electrons. The fourth-order valence-electron chi connectivity index (χ4n) is 1.23. The highest BCUT2D eigenvalue weighted by atomic mass is 32.2. The second-order valence-corrected chi connectivity index (χ2v) is 5.80. The standard InChI is InChI=1S/C10H14N2O2S2/c1-8-4-2-3-5-9(8)6-12-16(13,14)7-10(11)15/h2-5,12H,6-7H2,1H3,(H2,11,15). The van der Waals surface area contributed by atoms with Gasteiger partial charge in [0.25, 0.3) is 0 Å². The molecule has 0 bridgehead atoms. The van der Waals surface area contributed by atoms with E-state index in [1.165, 1.54) is 0 Å². The van der Waals surface area contributed by atoms with Crippen LogP contribution in [0.1, 0.15) is 11.1 Å². The summed E-state index contributed by atoms with van der Waals surface area (Å²) < 4.78 is 25.3. The Hall–Kier alpha value is -0.980. The lowest BCUT2D eigenvalue weighted by Crippen LogP contribution is -2.32. The van der Waals surface area contributed by atoms with Crippen molar-refractivity contribution in [3.05, 3.63) is 35.4 Å². The Labute approximate surface area is 101 Å². The number of nitrogens with one attached hydrogen (secondary N) is 1. The van der Waals surface area contributed by atoms with Crippen molar-refractivity contribution in [1.82, 2.24) is 4.72 Å². The van der Waals surface area contributed by atoms with E-state index >= 15 is 0 Å². The highest BCUT2D eigenvalue weighted by Gasteiger charge is 2.11. The quantitative estimate of drug-likeness (QED) is 0.763. The van der Waals surface area contributed by atoms with Crippen LogP contribution in [0.15, 0.2) is 24.3 Å². The Kier molecular flexibility index (Phi) is 4.40. The molecule has 0 fully saturated rings. The van der Waals surface area contributed by atoms with Crippen molar-refractivity contribution in [1.29, 1.82) is 0 Å². The van der Waals surface area contributed by atoms with Gasteiger partial charge in [0, 0.05) is 6.54 Å². The van der Waals surface area contributed by atoms with Crippen molar-refractivity contribution >= 4 is 27.2 Å². The van der Waals surface area contributed by atoms with Gasteiger partial charge in [-0.05, 0) is 18.1 Å². The van der Waals surface area contributed by atoms with Crippen LogP contribution in [-0.2, 0) is 16.6 Å². The van der Waals surface area contributed by atoms with Gasteiger partial charge in [-0.15, -0.1) is 0 Å². The molecule has 1 aromatic rings. The van der Waals surface area contributed by atoms with E-state index < -0.39 is 10.0 Å². The van der Waals surface area contributed by atoms with Crippen LogP contribution in [0.5, 0.6) is 0 Å². The van der Waals surface area contributed by atoms with E-state index in [4.69, 9.17) is 5.73 Å². The van der Waals surface area contributed by atoms with Gasteiger partial charge in [-0.25, -0.2) is 13.1 Å². The van der Waals surface area contributed by atoms with E-state index in [1.807, 2.05) is 31.2 Å². The van der Waals surface area contributed by atoms with E-state index in [9.17, 15) is 8.42 Å². The molecular weight excluding hydrogens is 244 g/mol. The topological polar surface area (TPSA) is 72.2 Å². The monoisotopic (exact) mass is 258 g/mol. The van der Waals surface area contributed by atoms with Crippen LogP contribution in [0, 0.1) is 6.92 Å². The zero-order valence-electron chi connectivity index (χ0n) is 8.93. The van der Waals surface area contributed by atoms with Crippen molar-refractivity contribution < 1.29 is 8.42 Å². The fraction of sp³-hybridized carbons (Fsp3) is 0.300. The van der Waals surface area contributed by atoms with E-state index in [-0.39, 0.29) is 17.3 Å². The van der Waals surface area contributed by atoms with Crippen LogP contribution in [0.25, 0.3) is 0 Å². The Morgan fingerprint density at radius 3 is 2.62 bits per heavy atom. The van der Waals surface area contributed by atoms with Gasteiger partial charge in [-0.2, -0.15) is 0 Å². The van der Waals surface area contributed by atoms with Crippen molar-refractivity contribution in [2.45, 2.75) is 13.5 Å². The van der Waals surface area contributed by atoms with Crippen LogP contribution in [0.4, 0.5) is 0 Å². The van der Waals surface area contributed by atoms with Crippen LogP contribution < -0.4 is 10.5 Å². The van der Waals surface area contributed by atoms with Gasteiger partial charge in [-0.3, -0.25) is 0 Å². The van der Waals surface area contributed by atoms with Crippen molar-refractivity contribution in [2.24, 2.45) is 5.73 Å². The molecule has 0 aliphatic heterocycles. The molecule has 0 amide bonds. The minimum absolute atomic E-state index is 0.0303. The molecule has 1 aromatic carbocycles. The number of thiocarbonyl (C=S) groups is 1. The summed E-state index contributed by atoms with van der Waals surface area (Å²) in [4.78, 5) is -0.0303. The Balaban J connectivity index is 2.65. The lowest BCUT2D eigenvalue weighted by molar-refractivity contribution is 0.585. The normalized spacial score (nSPS) is 11.3. The molecule has 0 atom stereocenters. The number of nitrogens with two attached hydrogens (primary N) is 1. The third kappa shape index (κ3) is 4.26. The molecule has 0 aliphatic carbocycles. The zero-order chi connectivity index (χ0) is 12.2. The summed E-state index contributed by atoms with van der Waals surface area (Å²) in [6.07, 6.45) is 0. The first-order valence-corrected chi connectivity index (χ1v) is 6.77. The Morgan fingerprint density at radius 2 is 2.06 bits per heavy atom. The second kappa shape index (κ2) is 5.38. The number of rotatable bonds is 5. The SMILES string of the molecule is Cc1ccccc1CNS(=O)(=O)CC(N)=S. The zero-order valence-corrected chi connectivity index (χ0v) is 10.6. The maximum absolute atomic E-state index is 11.4. The summed E-state index contributed by atoms with van der Waals surface area (Å²) in [6, 6.07) is 7.57. The van der Waals surface area contributed by atoms with Crippen molar-refractivity contribution in [2.75, 3.05) is 5.75 Å². The molecule has 0 aromatic heterocycles. The molecule has 0 spiro atoms. The van der Waals surface area contributed by atoms with Crippen LogP contribution in [-0.4, -0.2) is 19.2 Å². The van der Waals surface area contributed by atoms with Gasteiger partial charge < -0.3 is 5.73 Å². The van der Waals surface area contributed by atoms with Gasteiger partial charge in [0.05, 0.1) is 4.99 Å². The molecule has 4 nitrogen and oxygen atoms in total. The summed E-state index contributed by atoms with van der Waals surface area (Å²) in [6.45, 7) is 2.19. The van der Waals surface area contributed by atoms with Crippen molar-refractivity contribution in [3.8, 4) is 0 Å². The molecule has 0 saturated heterocycles. The second-order valence-electron chi connectivity index (χ2n) is 3.47. The number of sulfonamides is 1. The summed E-state index contributed by atoms with van der Waals surface area (Å²) in [5, 5.41) is 0. The average Bonchev–Trinajstić information content (AvgIpc) is 2.14. The van der Waals surface area contributed by atoms with Crippen LogP contribution >= 0.6 is 12.2 Å². The molecule has 0 heterocycles. The van der Waals surface area contributed by atoms with E-state index in [0.717, 1.165) is 11.1 Å². The summed E-state index contributed by atoms with van der Waals surface area (Å²) in [5.74, 6) is -0.311. The van der Waals surface area contributed by atoms with E-state index in [1.54, 1.807) is 0 Å². The summed E-state index contributed by atoms with van der Waals surface area (Å²) in [5.41, 5.74) is 7.17. The summed E-state index contributed by atoms with van der Waals surface area (Å²) >= 11 is 4.56. The molecule has 1 rings (SSSR count). The first-order chi connectivity index (χ1) is 7.41. The fourth-order valence-corrected chi connectivity index (χ4v) is 2.55. The predicted molar refractivity (Wildman–Crippen MR) is 68.6 cm³/mol. The Morgan fingerprint density at radius 1 is 1.44 bits per heavy atom. The third-order valence-electron chi connectivity index (χ3n) is 2.08. The van der Waals surface area contributed by atoms with Crippen LogP contribution in [0.2, 0.25) is 0 Å². The third-order valence-corrected chi connectivity index (χ3v) is 3.68. The predicted octanol–water partition coefficient (Wildman–Crippen LogP) is 0.701. The molecule has 0 unspecified atom stereocenters. The van der Waals surface area contributed by atoms with E-state index in [2.05, 4.69) is 16.9 Å². The maximum Gasteiger partial charge on any atom is 0.218 e. The van der Waals surface area contributed by atoms with E-state index in [0.29, 0.717) is 0 Å². The number of hydrogen-bond acceptors (Lipinski definition) is 3. The first-order valence-electron chi connectivity index (χ1n) is 4.71. The highest BCUT2D eigenvalue weighted by Crippen LogP contribution is 2.06. The molecular formula is C10H14N2O2S2. The van der Waals surface area contributed by atoms with Gasteiger partial charge in [0.1, 0.15) is 5.75 Å². The molecule has 0 radical (unpaired) electrons. The molecule has 0 saturated carbocycles. The number of benzene rings is 1. The summed E-state index contributed by atoms with van der Waals surface area (Å²) in [7, 11) is -3.41. The molecule has 6 heteroatoms. The molecule has 3 N–H and O–H groups in total. The minimum atomic E-state index is -3.41. The average molecular weight is 258 g/mol. The minimum Gasteiger partial charge on any atom is -0.392 e. The lowest BCUT2D eigenvalue weighted by Gasteiger charge is -2.07. The van der Waals surface area contributed by atoms with Crippen LogP contribution in [0.3, 0.4) is 0 Å². The molecule has 0 aliphatic rings.